The number of anilines is 1. The molecule has 0 spiro atoms. The van der Waals surface area contributed by atoms with Gasteiger partial charge in [0.15, 0.2) is 0 Å². The molecule has 1 atom stereocenters. The second-order valence-corrected chi connectivity index (χ2v) is 8.35. The Bertz CT molecular complexity index is 900. The van der Waals surface area contributed by atoms with Crippen molar-refractivity contribution in [1.29, 1.82) is 0 Å². The fraction of sp³-hybridized carbons (Fsp3) is 0.278. The number of carbonyl (C=O) groups is 1. The third-order valence-electron chi connectivity index (χ3n) is 4.41. The Morgan fingerprint density at radius 1 is 1.08 bits per heavy atom. The number of benzene rings is 2. The Morgan fingerprint density at radius 3 is 2.44 bits per heavy atom. The van der Waals surface area contributed by atoms with Crippen molar-refractivity contribution in [3.8, 4) is 0 Å². The van der Waals surface area contributed by atoms with Gasteiger partial charge in [0, 0.05) is 23.8 Å². The molecule has 25 heavy (non-hydrogen) atoms. The molecular weight excluding hydrogens is 360 g/mol. The maximum absolute atomic E-state index is 12.9. The predicted molar refractivity (Wildman–Crippen MR) is 98.3 cm³/mol. The lowest BCUT2D eigenvalue weighted by molar-refractivity contribution is -0.123. The van der Waals surface area contributed by atoms with Gasteiger partial charge in [-0.1, -0.05) is 35.9 Å². The van der Waals surface area contributed by atoms with Gasteiger partial charge < -0.3 is 4.90 Å². The Morgan fingerprint density at radius 2 is 1.76 bits per heavy atom. The number of halogens is 1. The summed E-state index contributed by atoms with van der Waals surface area (Å²) in [6.45, 7) is 4.04. The Labute approximate surface area is 152 Å². The van der Waals surface area contributed by atoms with E-state index < -0.39 is 16.1 Å². The second-order valence-electron chi connectivity index (χ2n) is 6.03. The first-order valence-corrected chi connectivity index (χ1v) is 9.78. The first-order chi connectivity index (χ1) is 11.8. The maximum atomic E-state index is 12.9. The van der Waals surface area contributed by atoms with Gasteiger partial charge in [-0.2, -0.15) is 4.31 Å². The number of hydrogen-bond acceptors (Lipinski definition) is 3. The number of rotatable bonds is 3. The highest BCUT2D eigenvalue weighted by Crippen LogP contribution is 2.29. The molecule has 0 aromatic heterocycles. The summed E-state index contributed by atoms with van der Waals surface area (Å²) < 4.78 is 26.9. The van der Waals surface area contributed by atoms with E-state index in [1.54, 1.807) is 54.3 Å². The highest BCUT2D eigenvalue weighted by atomic mass is 35.5. The van der Waals surface area contributed by atoms with Gasteiger partial charge in [0.05, 0.1) is 4.90 Å². The van der Waals surface area contributed by atoms with Crippen molar-refractivity contribution in [3.63, 3.8) is 0 Å². The van der Waals surface area contributed by atoms with Crippen LogP contribution in [0.2, 0.25) is 5.02 Å². The van der Waals surface area contributed by atoms with Gasteiger partial charge in [0.1, 0.15) is 6.04 Å². The molecule has 2 aromatic carbocycles. The lowest BCUT2D eigenvalue weighted by Gasteiger charge is -2.38. The summed E-state index contributed by atoms with van der Waals surface area (Å²) in [4.78, 5) is 14.7. The van der Waals surface area contributed by atoms with E-state index in [0.29, 0.717) is 5.02 Å². The third kappa shape index (κ3) is 3.29. The van der Waals surface area contributed by atoms with E-state index in [2.05, 4.69) is 0 Å². The molecule has 1 aliphatic heterocycles. The van der Waals surface area contributed by atoms with Crippen LogP contribution < -0.4 is 4.90 Å². The van der Waals surface area contributed by atoms with Gasteiger partial charge in [0.25, 0.3) is 0 Å². The molecule has 132 valence electrons. The first-order valence-electron chi connectivity index (χ1n) is 7.97. The van der Waals surface area contributed by atoms with Crippen molar-refractivity contribution in [2.24, 2.45) is 0 Å². The van der Waals surface area contributed by atoms with Gasteiger partial charge in [-0.05, 0) is 43.7 Å². The lowest BCUT2D eigenvalue weighted by atomic mass is 10.1. The molecule has 0 N–H and O–H groups in total. The van der Waals surface area contributed by atoms with Crippen LogP contribution >= 0.6 is 11.6 Å². The largest absolute Gasteiger partial charge is 0.309 e. The van der Waals surface area contributed by atoms with Crippen LogP contribution in [0.5, 0.6) is 0 Å². The molecule has 7 heteroatoms. The van der Waals surface area contributed by atoms with E-state index in [0.717, 1.165) is 11.3 Å². The molecule has 5 nitrogen and oxygen atoms in total. The molecular formula is C18H19ClN2O3S. The molecule has 1 amide bonds. The van der Waals surface area contributed by atoms with Crippen LogP contribution in [-0.2, 0) is 14.8 Å². The number of nitrogens with zero attached hydrogens (tertiary/aromatic N) is 2. The van der Waals surface area contributed by atoms with E-state index in [4.69, 9.17) is 11.6 Å². The maximum Gasteiger partial charge on any atom is 0.245 e. The normalized spacial score (nSPS) is 19.2. The van der Waals surface area contributed by atoms with E-state index in [9.17, 15) is 13.2 Å². The Hall–Kier alpha value is -1.89. The minimum atomic E-state index is -3.71. The van der Waals surface area contributed by atoms with Crippen LogP contribution in [0, 0.1) is 6.92 Å². The molecule has 0 unspecified atom stereocenters. The first kappa shape index (κ1) is 17.9. The third-order valence-corrected chi connectivity index (χ3v) is 6.63. The van der Waals surface area contributed by atoms with Crippen LogP contribution in [0.25, 0.3) is 0 Å². The van der Waals surface area contributed by atoms with Crippen LogP contribution in [-0.4, -0.2) is 37.8 Å². The van der Waals surface area contributed by atoms with Crippen molar-refractivity contribution < 1.29 is 13.2 Å². The topological polar surface area (TPSA) is 57.7 Å². The average Bonchev–Trinajstić information content (AvgIpc) is 2.60. The number of hydrogen-bond donors (Lipinski definition) is 0. The van der Waals surface area contributed by atoms with Crippen LogP contribution in [0.4, 0.5) is 5.69 Å². The Balaban J connectivity index is 1.91. The fourth-order valence-corrected chi connectivity index (χ4v) is 4.79. The number of piperazine rings is 1. The molecule has 2 aromatic rings. The average molecular weight is 379 g/mol. The highest BCUT2D eigenvalue weighted by Gasteiger charge is 2.39. The van der Waals surface area contributed by atoms with Crippen molar-refractivity contribution in [2.45, 2.75) is 24.8 Å². The van der Waals surface area contributed by atoms with Gasteiger partial charge in [-0.3, -0.25) is 4.79 Å². The number of sulfonamides is 1. The molecule has 1 aliphatic rings. The van der Waals surface area contributed by atoms with Crippen LogP contribution in [0.1, 0.15) is 12.5 Å². The summed E-state index contributed by atoms with van der Waals surface area (Å²) in [5, 5.41) is 0.542. The zero-order chi connectivity index (χ0) is 18.2. The molecule has 1 fully saturated rings. The monoisotopic (exact) mass is 378 g/mol. The summed E-state index contributed by atoms with van der Waals surface area (Å²) in [5.74, 6) is -0.254. The summed E-state index contributed by atoms with van der Waals surface area (Å²) in [6, 6.07) is 12.8. The van der Waals surface area contributed by atoms with Gasteiger partial charge in [-0.15, -0.1) is 0 Å². The minimum Gasteiger partial charge on any atom is -0.309 e. The Kier molecular flexibility index (Phi) is 4.86. The molecule has 0 bridgehead atoms. The zero-order valence-electron chi connectivity index (χ0n) is 14.0. The van der Waals surface area contributed by atoms with Crippen LogP contribution in [0.3, 0.4) is 0 Å². The lowest BCUT2D eigenvalue weighted by Crippen LogP contribution is -2.57. The molecule has 1 saturated heterocycles. The second kappa shape index (κ2) is 6.78. The standard InChI is InChI=1S/C18H19ClN2O3S/c1-13-8-9-15(19)12-17(13)20-10-11-21(14(2)18(20)22)25(23,24)16-6-4-3-5-7-16/h3-9,12,14H,10-11H2,1-2H3/t14-/m0/s1. The molecule has 0 radical (unpaired) electrons. The minimum absolute atomic E-state index is 0.196. The van der Waals surface area contributed by atoms with Crippen molar-refractivity contribution in [2.75, 3.05) is 18.0 Å². The number of amides is 1. The van der Waals surface area contributed by atoms with Gasteiger partial charge >= 0.3 is 0 Å². The van der Waals surface area contributed by atoms with Crippen LogP contribution in [0.15, 0.2) is 53.4 Å². The van der Waals surface area contributed by atoms with Crippen molar-refractivity contribution in [3.05, 3.63) is 59.1 Å². The van der Waals surface area contributed by atoms with E-state index in [1.165, 1.54) is 4.31 Å². The van der Waals surface area contributed by atoms with Gasteiger partial charge in [0.2, 0.25) is 15.9 Å². The van der Waals surface area contributed by atoms with E-state index in [-0.39, 0.29) is 23.9 Å². The quantitative estimate of drug-likeness (QED) is 0.824. The smallest absolute Gasteiger partial charge is 0.245 e. The summed E-state index contributed by atoms with van der Waals surface area (Å²) in [5.41, 5.74) is 1.64. The molecule has 0 saturated carbocycles. The zero-order valence-corrected chi connectivity index (χ0v) is 15.6. The predicted octanol–water partition coefficient (Wildman–Crippen LogP) is 3.07. The van der Waals surface area contributed by atoms with E-state index in [1.807, 2.05) is 13.0 Å². The SMILES string of the molecule is Cc1ccc(Cl)cc1N1CCN(S(=O)(=O)c2ccccc2)[C@@H](C)C1=O. The highest BCUT2D eigenvalue weighted by molar-refractivity contribution is 7.89. The van der Waals surface area contributed by atoms with Crippen molar-refractivity contribution in [1.82, 2.24) is 4.31 Å². The summed E-state index contributed by atoms with van der Waals surface area (Å²) >= 11 is 6.06. The molecule has 0 aliphatic carbocycles. The summed E-state index contributed by atoms with van der Waals surface area (Å²) in [7, 11) is -3.71. The number of carbonyl (C=O) groups excluding carboxylic acids is 1. The van der Waals surface area contributed by atoms with Gasteiger partial charge in [-0.25, -0.2) is 8.42 Å². The summed E-state index contributed by atoms with van der Waals surface area (Å²) in [6.07, 6.45) is 0. The number of aryl methyl sites for hydroxylation is 1. The molecule has 3 rings (SSSR count). The fourth-order valence-electron chi connectivity index (χ4n) is 3.02. The molecule has 1 heterocycles. The van der Waals surface area contributed by atoms with Crippen molar-refractivity contribution >= 4 is 33.2 Å². The van der Waals surface area contributed by atoms with E-state index >= 15 is 0 Å².